The Kier molecular flexibility index (Phi) is 3.91. The highest BCUT2D eigenvalue weighted by molar-refractivity contribution is 6.32. The third-order valence-electron chi connectivity index (χ3n) is 2.43. The number of ether oxygens (including phenoxy) is 1. The third kappa shape index (κ3) is 3.35. The van der Waals surface area contributed by atoms with Gasteiger partial charge >= 0.3 is 6.18 Å². The van der Waals surface area contributed by atoms with Crippen molar-refractivity contribution in [3.05, 3.63) is 46.6 Å². The summed E-state index contributed by atoms with van der Waals surface area (Å²) in [5.74, 6) is -0.472. The molecule has 1 aromatic heterocycles. The molecule has 0 fully saturated rings. The van der Waals surface area contributed by atoms with Crippen LogP contribution in [0.4, 0.5) is 18.9 Å². The number of aromatic nitrogens is 1. The lowest BCUT2D eigenvalue weighted by Gasteiger charge is -2.11. The van der Waals surface area contributed by atoms with Crippen molar-refractivity contribution >= 4 is 17.3 Å². The van der Waals surface area contributed by atoms with E-state index in [1.54, 1.807) is 6.07 Å². The molecule has 108 valence electrons. The fourth-order valence-electron chi connectivity index (χ4n) is 1.46. The number of nitrogens with two attached hydrogens (primary N) is 1. The summed E-state index contributed by atoms with van der Waals surface area (Å²) in [7, 11) is 0. The predicted octanol–water partition coefficient (Wildman–Crippen LogP) is 4.00. The van der Waals surface area contributed by atoms with Gasteiger partial charge in [0.2, 0.25) is 5.88 Å². The zero-order valence-corrected chi connectivity index (χ0v) is 11.0. The number of nitrogen functional groups attached to an aromatic ring is 1. The van der Waals surface area contributed by atoms with E-state index >= 15 is 0 Å². The lowest BCUT2D eigenvalue weighted by Crippen LogP contribution is -2.09. The summed E-state index contributed by atoms with van der Waals surface area (Å²) in [6, 6.07) is 7.62. The second kappa shape index (κ2) is 5.50. The molecule has 0 aliphatic rings. The molecule has 0 atom stereocenters. The maximum Gasteiger partial charge on any atom is 0.433 e. The minimum atomic E-state index is -4.65. The first-order valence-electron chi connectivity index (χ1n) is 5.52. The first kappa shape index (κ1) is 14.9. The summed E-state index contributed by atoms with van der Waals surface area (Å²) in [5.41, 5.74) is 4.53. The Bertz CT molecular complexity index is 726. The van der Waals surface area contributed by atoms with E-state index in [9.17, 15) is 13.2 Å². The molecule has 0 bridgehead atoms. The van der Waals surface area contributed by atoms with E-state index < -0.39 is 17.8 Å². The predicted molar refractivity (Wildman–Crippen MR) is 69.9 cm³/mol. The molecule has 8 heteroatoms. The van der Waals surface area contributed by atoms with Crippen LogP contribution in [0.2, 0.25) is 5.02 Å². The number of pyridine rings is 1. The Labute approximate surface area is 122 Å². The number of anilines is 1. The standard InChI is InChI=1S/C13H7ClF3N3O/c14-9-3-2-8(19)5-10(9)21-12-7(6-18)1-4-11(20-12)13(15,16)17/h1-5H,19H2. The van der Waals surface area contributed by atoms with Crippen molar-refractivity contribution in [2.24, 2.45) is 0 Å². The number of hydrogen-bond acceptors (Lipinski definition) is 4. The van der Waals surface area contributed by atoms with Crippen LogP contribution in [0.3, 0.4) is 0 Å². The number of benzene rings is 1. The van der Waals surface area contributed by atoms with Crippen molar-refractivity contribution in [1.29, 1.82) is 5.26 Å². The van der Waals surface area contributed by atoms with Crippen molar-refractivity contribution in [3.63, 3.8) is 0 Å². The third-order valence-corrected chi connectivity index (χ3v) is 2.75. The molecule has 0 saturated heterocycles. The maximum atomic E-state index is 12.6. The molecule has 0 amide bonds. The van der Waals surface area contributed by atoms with Gasteiger partial charge in [-0.3, -0.25) is 0 Å². The average Bonchev–Trinajstić information content (AvgIpc) is 2.42. The lowest BCUT2D eigenvalue weighted by molar-refractivity contribution is -0.141. The van der Waals surface area contributed by atoms with E-state index in [1.165, 1.54) is 18.2 Å². The Morgan fingerprint density at radius 3 is 2.57 bits per heavy atom. The summed E-state index contributed by atoms with van der Waals surface area (Å²) >= 11 is 5.86. The van der Waals surface area contributed by atoms with Gasteiger partial charge in [-0.15, -0.1) is 0 Å². The van der Waals surface area contributed by atoms with Crippen LogP contribution in [0.1, 0.15) is 11.3 Å². The Balaban J connectivity index is 2.47. The molecular weight excluding hydrogens is 307 g/mol. The topological polar surface area (TPSA) is 71.9 Å². The Morgan fingerprint density at radius 1 is 1.24 bits per heavy atom. The molecule has 2 rings (SSSR count). The van der Waals surface area contributed by atoms with Gasteiger partial charge in [0.25, 0.3) is 0 Å². The van der Waals surface area contributed by atoms with E-state index in [2.05, 4.69) is 4.98 Å². The highest BCUT2D eigenvalue weighted by Crippen LogP contribution is 2.34. The molecular formula is C13H7ClF3N3O. The summed E-state index contributed by atoms with van der Waals surface area (Å²) in [5, 5.41) is 9.04. The molecule has 0 aliphatic carbocycles. The molecule has 0 aliphatic heterocycles. The van der Waals surface area contributed by atoms with Crippen LogP contribution in [-0.2, 0) is 6.18 Å². The Morgan fingerprint density at radius 2 is 1.95 bits per heavy atom. The van der Waals surface area contributed by atoms with Crippen LogP contribution in [0, 0.1) is 11.3 Å². The number of nitrogens with zero attached hydrogens (tertiary/aromatic N) is 2. The van der Waals surface area contributed by atoms with Gasteiger partial charge in [-0.05, 0) is 24.3 Å². The van der Waals surface area contributed by atoms with Crippen molar-refractivity contribution in [1.82, 2.24) is 4.98 Å². The summed E-state index contributed by atoms with van der Waals surface area (Å²) in [4.78, 5) is 3.31. The zero-order valence-electron chi connectivity index (χ0n) is 10.3. The number of hydrogen-bond donors (Lipinski definition) is 1. The highest BCUT2D eigenvalue weighted by Gasteiger charge is 2.33. The van der Waals surface area contributed by atoms with Crippen LogP contribution in [0.15, 0.2) is 30.3 Å². The zero-order chi connectivity index (χ0) is 15.6. The normalized spacial score (nSPS) is 11.0. The van der Waals surface area contributed by atoms with E-state index in [1.807, 2.05) is 0 Å². The molecule has 2 N–H and O–H groups in total. The number of halogens is 4. The second-order valence-electron chi connectivity index (χ2n) is 3.95. The molecule has 0 radical (unpaired) electrons. The molecule has 21 heavy (non-hydrogen) atoms. The van der Waals surface area contributed by atoms with Crippen molar-refractivity contribution in [3.8, 4) is 17.7 Å². The summed E-state index contributed by atoms with van der Waals surface area (Å²) in [6.45, 7) is 0. The first-order valence-corrected chi connectivity index (χ1v) is 5.90. The van der Waals surface area contributed by atoms with Crippen LogP contribution < -0.4 is 10.5 Å². The number of rotatable bonds is 2. The van der Waals surface area contributed by atoms with Crippen LogP contribution in [0.5, 0.6) is 11.6 Å². The molecule has 2 aromatic rings. The Hall–Kier alpha value is -2.46. The lowest BCUT2D eigenvalue weighted by atomic mass is 10.2. The van der Waals surface area contributed by atoms with E-state index in [-0.39, 0.29) is 16.3 Å². The monoisotopic (exact) mass is 313 g/mol. The molecule has 0 unspecified atom stereocenters. The van der Waals surface area contributed by atoms with Gasteiger partial charge in [0.05, 0.1) is 5.02 Å². The van der Waals surface area contributed by atoms with Gasteiger partial charge in [0.15, 0.2) is 0 Å². The average molecular weight is 314 g/mol. The van der Waals surface area contributed by atoms with E-state index in [0.717, 1.165) is 6.07 Å². The quantitative estimate of drug-likeness (QED) is 0.851. The maximum absolute atomic E-state index is 12.6. The van der Waals surface area contributed by atoms with Gasteiger partial charge < -0.3 is 10.5 Å². The van der Waals surface area contributed by atoms with Gasteiger partial charge in [0, 0.05) is 11.8 Å². The summed E-state index contributed by atoms with van der Waals surface area (Å²) in [6.07, 6.45) is -4.65. The largest absolute Gasteiger partial charge is 0.436 e. The minimum Gasteiger partial charge on any atom is -0.436 e. The van der Waals surface area contributed by atoms with Crippen molar-refractivity contribution in [2.75, 3.05) is 5.73 Å². The van der Waals surface area contributed by atoms with Gasteiger partial charge in [-0.25, -0.2) is 4.98 Å². The van der Waals surface area contributed by atoms with Crippen molar-refractivity contribution in [2.45, 2.75) is 6.18 Å². The van der Waals surface area contributed by atoms with Gasteiger partial charge in [-0.1, -0.05) is 11.6 Å². The first-order chi connectivity index (χ1) is 9.81. The molecule has 0 spiro atoms. The number of nitriles is 1. The highest BCUT2D eigenvalue weighted by atomic mass is 35.5. The van der Waals surface area contributed by atoms with Crippen LogP contribution in [-0.4, -0.2) is 4.98 Å². The van der Waals surface area contributed by atoms with E-state index in [4.69, 9.17) is 27.3 Å². The minimum absolute atomic E-state index is 0.0139. The fraction of sp³-hybridized carbons (Fsp3) is 0.0769. The van der Waals surface area contributed by atoms with Crippen LogP contribution in [0.25, 0.3) is 0 Å². The van der Waals surface area contributed by atoms with Gasteiger partial charge in [0.1, 0.15) is 23.1 Å². The molecule has 4 nitrogen and oxygen atoms in total. The fourth-order valence-corrected chi connectivity index (χ4v) is 1.62. The van der Waals surface area contributed by atoms with E-state index in [0.29, 0.717) is 11.8 Å². The van der Waals surface area contributed by atoms with Crippen molar-refractivity contribution < 1.29 is 17.9 Å². The second-order valence-corrected chi connectivity index (χ2v) is 4.36. The van der Waals surface area contributed by atoms with Gasteiger partial charge in [-0.2, -0.15) is 18.4 Å². The summed E-state index contributed by atoms with van der Waals surface area (Å²) < 4.78 is 43.1. The molecule has 1 heterocycles. The molecule has 1 aromatic carbocycles. The smallest absolute Gasteiger partial charge is 0.433 e. The van der Waals surface area contributed by atoms with Crippen LogP contribution >= 0.6 is 11.6 Å². The number of alkyl halides is 3. The molecule has 0 saturated carbocycles. The SMILES string of the molecule is N#Cc1ccc(C(F)(F)F)nc1Oc1cc(N)ccc1Cl.